The first kappa shape index (κ1) is 20.8. The number of anilines is 1. The maximum Gasteiger partial charge on any atom is 0.123 e. The van der Waals surface area contributed by atoms with Crippen LogP contribution in [0, 0.1) is 30.6 Å². The first-order valence-corrected chi connectivity index (χ1v) is 9.37. The summed E-state index contributed by atoms with van der Waals surface area (Å²) in [6.45, 7) is 5.81. The van der Waals surface area contributed by atoms with Gasteiger partial charge in [0.1, 0.15) is 17.6 Å². The number of aryl methyl sites for hydroxylation is 2. The van der Waals surface area contributed by atoms with Crippen LogP contribution in [0.4, 0.5) is 5.69 Å². The van der Waals surface area contributed by atoms with Crippen LogP contribution in [0.2, 0.25) is 0 Å². The van der Waals surface area contributed by atoms with Gasteiger partial charge in [-0.15, -0.1) is 0 Å². The topological polar surface area (TPSA) is 118 Å². The molecule has 0 saturated heterocycles. The highest BCUT2D eigenvalue weighted by molar-refractivity contribution is 6.14. The number of rotatable bonds is 6. The lowest BCUT2D eigenvalue weighted by Crippen LogP contribution is -2.11. The quantitative estimate of drug-likeness (QED) is 0.474. The Balaban J connectivity index is 1.94. The fraction of sp³-hybridized carbons (Fsp3) is 0.217. The van der Waals surface area contributed by atoms with Crippen LogP contribution in [0.15, 0.2) is 42.6 Å². The van der Waals surface area contributed by atoms with E-state index in [-0.39, 0.29) is 11.8 Å². The van der Waals surface area contributed by atoms with Gasteiger partial charge in [-0.1, -0.05) is 0 Å². The lowest BCUT2D eigenvalue weighted by Gasteiger charge is -2.19. The SMILES string of the molecule is COc1cc(C#N)cc(C(=N)c2cc(O[C@H](C)c3c(C)cnnc3C)ccc2N)c1. The Morgan fingerprint density at radius 3 is 2.60 bits per heavy atom. The molecule has 0 spiro atoms. The molecule has 3 aromatic rings. The minimum absolute atomic E-state index is 0.180. The molecule has 0 aliphatic rings. The van der Waals surface area contributed by atoms with E-state index in [0.717, 1.165) is 16.8 Å². The molecule has 152 valence electrons. The van der Waals surface area contributed by atoms with Crippen molar-refractivity contribution >= 4 is 11.4 Å². The van der Waals surface area contributed by atoms with Crippen LogP contribution in [-0.2, 0) is 0 Å². The van der Waals surface area contributed by atoms with Gasteiger partial charge in [0.25, 0.3) is 0 Å². The maximum absolute atomic E-state index is 9.25. The second-order valence-electron chi connectivity index (χ2n) is 6.97. The van der Waals surface area contributed by atoms with Crippen molar-refractivity contribution in [3.05, 3.63) is 76.1 Å². The van der Waals surface area contributed by atoms with E-state index < -0.39 is 0 Å². The molecule has 0 amide bonds. The Labute approximate surface area is 175 Å². The maximum atomic E-state index is 9.25. The van der Waals surface area contributed by atoms with Gasteiger partial charge in [-0.05, 0) is 62.7 Å². The number of hydrogen-bond acceptors (Lipinski definition) is 7. The summed E-state index contributed by atoms with van der Waals surface area (Å²) in [6, 6.07) is 12.3. The summed E-state index contributed by atoms with van der Waals surface area (Å²) in [5, 5.41) is 26.0. The third-order valence-corrected chi connectivity index (χ3v) is 4.85. The van der Waals surface area contributed by atoms with Crippen LogP contribution in [0.5, 0.6) is 11.5 Å². The molecule has 7 nitrogen and oxygen atoms in total. The molecule has 0 radical (unpaired) electrons. The molecule has 0 aliphatic heterocycles. The zero-order chi connectivity index (χ0) is 21.8. The van der Waals surface area contributed by atoms with E-state index in [9.17, 15) is 5.26 Å². The lowest BCUT2D eigenvalue weighted by molar-refractivity contribution is 0.224. The van der Waals surface area contributed by atoms with Crippen molar-refractivity contribution in [2.24, 2.45) is 0 Å². The number of ether oxygens (including phenoxy) is 2. The number of methoxy groups -OCH3 is 1. The number of nitrogens with zero attached hydrogens (tertiary/aromatic N) is 3. The molecule has 0 bridgehead atoms. The summed E-state index contributed by atoms with van der Waals surface area (Å²) in [5.41, 5.74) is 11.0. The zero-order valence-corrected chi connectivity index (χ0v) is 17.4. The molecule has 2 aromatic carbocycles. The first-order chi connectivity index (χ1) is 14.3. The Morgan fingerprint density at radius 1 is 1.17 bits per heavy atom. The average Bonchev–Trinajstić information content (AvgIpc) is 2.74. The predicted octanol–water partition coefficient (Wildman–Crippen LogP) is 4.11. The van der Waals surface area contributed by atoms with Crippen LogP contribution in [0.1, 0.15) is 46.5 Å². The highest BCUT2D eigenvalue weighted by Crippen LogP contribution is 2.29. The number of nitrogens with one attached hydrogen (secondary N) is 1. The van der Waals surface area contributed by atoms with E-state index in [1.807, 2.05) is 20.8 Å². The van der Waals surface area contributed by atoms with Gasteiger partial charge in [0.15, 0.2) is 0 Å². The van der Waals surface area contributed by atoms with Crippen molar-refractivity contribution in [1.82, 2.24) is 10.2 Å². The number of hydrogen-bond donors (Lipinski definition) is 2. The number of aromatic nitrogens is 2. The van der Waals surface area contributed by atoms with Crippen LogP contribution < -0.4 is 15.2 Å². The fourth-order valence-electron chi connectivity index (χ4n) is 3.40. The zero-order valence-electron chi connectivity index (χ0n) is 17.4. The fourth-order valence-corrected chi connectivity index (χ4v) is 3.40. The van der Waals surface area contributed by atoms with Gasteiger partial charge in [-0.2, -0.15) is 15.5 Å². The third-order valence-electron chi connectivity index (χ3n) is 4.85. The highest BCUT2D eigenvalue weighted by Gasteiger charge is 2.17. The number of benzene rings is 2. The first-order valence-electron chi connectivity index (χ1n) is 9.37. The monoisotopic (exact) mass is 401 g/mol. The van der Waals surface area contributed by atoms with E-state index in [2.05, 4.69) is 16.3 Å². The number of nitriles is 1. The molecule has 0 unspecified atom stereocenters. The average molecular weight is 401 g/mol. The van der Waals surface area contributed by atoms with Gasteiger partial charge in [0.05, 0.1) is 36.3 Å². The van der Waals surface area contributed by atoms with Crippen molar-refractivity contribution < 1.29 is 9.47 Å². The molecule has 1 heterocycles. The van der Waals surface area contributed by atoms with Crippen molar-refractivity contribution in [3.63, 3.8) is 0 Å². The second kappa shape index (κ2) is 8.62. The van der Waals surface area contributed by atoms with Gasteiger partial charge in [-0.25, -0.2) is 0 Å². The Hall–Kier alpha value is -3.92. The summed E-state index contributed by atoms with van der Waals surface area (Å²) in [6.07, 6.45) is 1.45. The number of nitrogen functional groups attached to an aromatic ring is 1. The molecule has 30 heavy (non-hydrogen) atoms. The molecule has 1 aromatic heterocycles. The third kappa shape index (κ3) is 4.23. The van der Waals surface area contributed by atoms with Crippen molar-refractivity contribution in [2.75, 3.05) is 12.8 Å². The predicted molar refractivity (Wildman–Crippen MR) is 115 cm³/mol. The van der Waals surface area contributed by atoms with Crippen LogP contribution in [-0.4, -0.2) is 23.0 Å². The summed E-state index contributed by atoms with van der Waals surface area (Å²) >= 11 is 0. The minimum Gasteiger partial charge on any atom is -0.497 e. The van der Waals surface area contributed by atoms with E-state index in [1.54, 1.807) is 42.6 Å². The van der Waals surface area contributed by atoms with Crippen LogP contribution in [0.25, 0.3) is 0 Å². The number of nitrogens with two attached hydrogens (primary N) is 1. The standard InChI is InChI=1S/C23H23N5O2/c1-13-12-27-28-14(2)22(13)15(3)30-18-5-6-21(25)20(10-18)23(26)17-7-16(11-24)8-19(9-17)29-4/h5-10,12,15,26H,25H2,1-4H3/t15-/m1/s1. The molecule has 3 N–H and O–H groups in total. The second-order valence-corrected chi connectivity index (χ2v) is 6.97. The molecule has 0 saturated carbocycles. The molecular formula is C23H23N5O2. The summed E-state index contributed by atoms with van der Waals surface area (Å²) in [7, 11) is 1.52. The van der Waals surface area contributed by atoms with E-state index in [1.165, 1.54) is 7.11 Å². The summed E-state index contributed by atoms with van der Waals surface area (Å²) < 4.78 is 11.4. The van der Waals surface area contributed by atoms with E-state index >= 15 is 0 Å². The Kier molecular flexibility index (Phi) is 5.98. The smallest absolute Gasteiger partial charge is 0.123 e. The highest BCUT2D eigenvalue weighted by atomic mass is 16.5. The van der Waals surface area contributed by atoms with Gasteiger partial charge < -0.3 is 15.2 Å². The molecular weight excluding hydrogens is 378 g/mol. The molecule has 0 aliphatic carbocycles. The minimum atomic E-state index is -0.256. The molecule has 0 fully saturated rings. The van der Waals surface area contributed by atoms with E-state index in [4.69, 9.17) is 20.6 Å². The largest absolute Gasteiger partial charge is 0.497 e. The summed E-state index contributed by atoms with van der Waals surface area (Å²) in [4.78, 5) is 0. The van der Waals surface area contributed by atoms with Crippen molar-refractivity contribution in [1.29, 1.82) is 10.7 Å². The lowest BCUT2D eigenvalue weighted by atomic mass is 9.98. The molecule has 1 atom stereocenters. The Morgan fingerprint density at radius 2 is 1.93 bits per heavy atom. The van der Waals surface area contributed by atoms with Crippen LogP contribution in [0.3, 0.4) is 0 Å². The van der Waals surface area contributed by atoms with Gasteiger partial charge in [0.2, 0.25) is 0 Å². The van der Waals surface area contributed by atoms with Gasteiger partial charge >= 0.3 is 0 Å². The van der Waals surface area contributed by atoms with Crippen molar-refractivity contribution in [2.45, 2.75) is 26.9 Å². The summed E-state index contributed by atoms with van der Waals surface area (Å²) in [5.74, 6) is 1.08. The molecule has 7 heteroatoms. The van der Waals surface area contributed by atoms with E-state index in [0.29, 0.717) is 33.9 Å². The Bertz CT molecular complexity index is 1130. The van der Waals surface area contributed by atoms with Gasteiger partial charge in [0, 0.05) is 22.4 Å². The molecule has 3 rings (SSSR count). The van der Waals surface area contributed by atoms with Gasteiger partial charge in [-0.3, -0.25) is 5.41 Å². The van der Waals surface area contributed by atoms with Crippen LogP contribution >= 0.6 is 0 Å². The van der Waals surface area contributed by atoms with Crippen molar-refractivity contribution in [3.8, 4) is 17.6 Å². The normalized spacial score (nSPS) is 11.4.